The summed E-state index contributed by atoms with van der Waals surface area (Å²) in [6.07, 6.45) is 0.180. The predicted octanol–water partition coefficient (Wildman–Crippen LogP) is 1.11. The number of carboxylic acid groups (broad SMARTS) is 1. The molecule has 114 valence electrons. The number of nitrogens with zero attached hydrogens (tertiary/aromatic N) is 2. The molecule has 6 nitrogen and oxygen atoms in total. The van der Waals surface area contributed by atoms with Crippen molar-refractivity contribution in [3.05, 3.63) is 0 Å². The van der Waals surface area contributed by atoms with Crippen LogP contribution in [0.5, 0.6) is 0 Å². The molecule has 7 heteroatoms. The fourth-order valence-corrected chi connectivity index (χ4v) is 4.25. The number of ether oxygens (including phenoxy) is 1. The number of aliphatic carboxylic acids is 1. The van der Waals surface area contributed by atoms with Crippen molar-refractivity contribution in [2.45, 2.75) is 42.9 Å². The van der Waals surface area contributed by atoms with Crippen LogP contribution in [0, 0.1) is 0 Å². The van der Waals surface area contributed by atoms with Gasteiger partial charge in [0.05, 0.1) is 6.10 Å². The molecule has 0 radical (unpaired) electrons. The Morgan fingerprint density at radius 3 is 2.30 bits per heavy atom. The van der Waals surface area contributed by atoms with Crippen molar-refractivity contribution < 1.29 is 19.4 Å². The van der Waals surface area contributed by atoms with Crippen molar-refractivity contribution in [3.8, 4) is 0 Å². The zero-order valence-corrected chi connectivity index (χ0v) is 12.9. The number of amides is 2. The van der Waals surface area contributed by atoms with Crippen molar-refractivity contribution in [3.63, 3.8) is 0 Å². The second-order valence-corrected chi connectivity index (χ2v) is 7.43. The summed E-state index contributed by atoms with van der Waals surface area (Å²) in [5.41, 5.74) is 0. The van der Waals surface area contributed by atoms with Gasteiger partial charge in [-0.15, -0.1) is 0 Å². The van der Waals surface area contributed by atoms with Crippen LogP contribution in [0.2, 0.25) is 0 Å². The van der Waals surface area contributed by atoms with E-state index in [1.807, 2.05) is 11.8 Å². The van der Waals surface area contributed by atoms with Gasteiger partial charge in [0.15, 0.2) is 0 Å². The molecular formula is C13H22N2O4S. The standard InChI is InChI=1S/C13H22N2O4S/c1-8-5-14(6-9(2)20-8)13(18)15-7-10(19-3)4-11(15)12(16)17/h8-11H,4-7H2,1-3H3,(H,16,17). The number of carboxylic acids is 1. The van der Waals surface area contributed by atoms with E-state index in [9.17, 15) is 14.7 Å². The van der Waals surface area contributed by atoms with Gasteiger partial charge in [-0.1, -0.05) is 13.8 Å². The van der Waals surface area contributed by atoms with E-state index in [1.165, 1.54) is 4.90 Å². The third-order valence-electron chi connectivity index (χ3n) is 3.82. The van der Waals surface area contributed by atoms with Gasteiger partial charge in [0.1, 0.15) is 6.04 Å². The molecule has 1 N–H and O–H groups in total. The number of carbonyl (C=O) groups is 2. The normalized spacial score (nSPS) is 34.4. The van der Waals surface area contributed by atoms with Crippen LogP contribution in [-0.4, -0.2) is 76.3 Å². The lowest BCUT2D eigenvalue weighted by atomic mass is 10.2. The fourth-order valence-electron chi connectivity index (χ4n) is 2.93. The highest BCUT2D eigenvalue weighted by atomic mass is 32.2. The van der Waals surface area contributed by atoms with Gasteiger partial charge in [0, 0.05) is 43.7 Å². The summed E-state index contributed by atoms with van der Waals surface area (Å²) < 4.78 is 5.22. The highest BCUT2D eigenvalue weighted by Crippen LogP contribution is 2.28. The SMILES string of the molecule is COC1CC(C(=O)O)N(C(=O)N2CC(C)SC(C)C2)C1. The fraction of sp³-hybridized carbons (Fsp3) is 0.846. The van der Waals surface area contributed by atoms with Gasteiger partial charge in [-0.05, 0) is 0 Å². The maximum absolute atomic E-state index is 12.6. The molecule has 2 saturated heterocycles. The average molecular weight is 302 g/mol. The number of thioether (sulfide) groups is 1. The van der Waals surface area contributed by atoms with Crippen LogP contribution >= 0.6 is 11.8 Å². The lowest BCUT2D eigenvalue weighted by Crippen LogP contribution is -2.53. The summed E-state index contributed by atoms with van der Waals surface area (Å²) in [5.74, 6) is -0.953. The quantitative estimate of drug-likeness (QED) is 0.827. The van der Waals surface area contributed by atoms with Crippen molar-refractivity contribution in [1.82, 2.24) is 9.80 Å². The summed E-state index contributed by atoms with van der Waals surface area (Å²) in [7, 11) is 1.55. The van der Waals surface area contributed by atoms with E-state index < -0.39 is 12.0 Å². The topological polar surface area (TPSA) is 70.1 Å². The second-order valence-electron chi connectivity index (χ2n) is 5.54. The van der Waals surface area contributed by atoms with Crippen LogP contribution in [0.4, 0.5) is 4.79 Å². The van der Waals surface area contributed by atoms with Crippen molar-refractivity contribution in [2.24, 2.45) is 0 Å². The molecule has 2 aliphatic heterocycles. The van der Waals surface area contributed by atoms with E-state index in [-0.39, 0.29) is 12.1 Å². The number of likely N-dealkylation sites (tertiary alicyclic amines) is 1. The zero-order valence-electron chi connectivity index (χ0n) is 12.1. The highest BCUT2D eigenvalue weighted by Gasteiger charge is 2.42. The predicted molar refractivity (Wildman–Crippen MR) is 77.0 cm³/mol. The van der Waals surface area contributed by atoms with Gasteiger partial charge in [-0.2, -0.15) is 11.8 Å². The van der Waals surface area contributed by atoms with Crippen LogP contribution in [0.15, 0.2) is 0 Å². The number of rotatable bonds is 2. The first-order valence-corrected chi connectivity index (χ1v) is 7.83. The Kier molecular flexibility index (Phi) is 4.80. The molecule has 0 spiro atoms. The number of carbonyl (C=O) groups excluding carboxylic acids is 1. The van der Waals surface area contributed by atoms with Crippen LogP contribution < -0.4 is 0 Å². The Hall–Kier alpha value is -0.950. The second kappa shape index (κ2) is 6.22. The minimum Gasteiger partial charge on any atom is -0.480 e. The summed E-state index contributed by atoms with van der Waals surface area (Å²) in [6.45, 7) is 5.90. The Bertz CT molecular complexity index is 383. The molecule has 2 heterocycles. The molecule has 0 bridgehead atoms. The first kappa shape index (κ1) is 15.4. The first-order chi connectivity index (χ1) is 9.42. The van der Waals surface area contributed by atoms with Crippen LogP contribution in [0.3, 0.4) is 0 Å². The molecule has 4 atom stereocenters. The zero-order chi connectivity index (χ0) is 14.9. The molecule has 0 aliphatic carbocycles. The third kappa shape index (κ3) is 3.20. The number of hydrogen-bond acceptors (Lipinski definition) is 4. The molecule has 2 fully saturated rings. The van der Waals surface area contributed by atoms with Crippen LogP contribution in [-0.2, 0) is 9.53 Å². The molecule has 2 rings (SSSR count). The maximum atomic E-state index is 12.6. The lowest BCUT2D eigenvalue weighted by Gasteiger charge is -2.37. The first-order valence-electron chi connectivity index (χ1n) is 6.89. The third-order valence-corrected chi connectivity index (χ3v) is 5.04. The molecule has 0 aromatic rings. The summed E-state index contributed by atoms with van der Waals surface area (Å²) in [5, 5.41) is 10.0. The lowest BCUT2D eigenvalue weighted by molar-refractivity contribution is -0.141. The van der Waals surface area contributed by atoms with Crippen molar-refractivity contribution in [1.29, 1.82) is 0 Å². The van der Waals surface area contributed by atoms with Crippen molar-refractivity contribution in [2.75, 3.05) is 26.7 Å². The minimum absolute atomic E-state index is 0.170. The monoisotopic (exact) mass is 302 g/mol. The van der Waals surface area contributed by atoms with Crippen LogP contribution in [0.25, 0.3) is 0 Å². The Balaban J connectivity index is 2.08. The number of urea groups is 1. The summed E-state index contributed by atoms with van der Waals surface area (Å²) in [4.78, 5) is 27.1. The van der Waals surface area contributed by atoms with Gasteiger partial charge in [0.25, 0.3) is 0 Å². The molecule has 0 saturated carbocycles. The molecule has 0 aromatic carbocycles. The van der Waals surface area contributed by atoms with Gasteiger partial charge < -0.3 is 19.6 Å². The van der Waals surface area contributed by atoms with E-state index in [4.69, 9.17) is 4.74 Å². The summed E-state index contributed by atoms with van der Waals surface area (Å²) in [6, 6.07) is -0.941. The van der Waals surface area contributed by atoms with Gasteiger partial charge in [-0.25, -0.2) is 9.59 Å². The van der Waals surface area contributed by atoms with Gasteiger partial charge in [0.2, 0.25) is 0 Å². The largest absolute Gasteiger partial charge is 0.480 e. The smallest absolute Gasteiger partial charge is 0.326 e. The highest BCUT2D eigenvalue weighted by molar-refractivity contribution is 8.00. The molecule has 4 unspecified atom stereocenters. The molecule has 20 heavy (non-hydrogen) atoms. The summed E-state index contributed by atoms with van der Waals surface area (Å²) >= 11 is 1.86. The maximum Gasteiger partial charge on any atom is 0.326 e. The van der Waals surface area contributed by atoms with Gasteiger partial charge >= 0.3 is 12.0 Å². The Labute approximate surface area is 123 Å². The molecule has 2 aliphatic rings. The van der Waals surface area contributed by atoms with E-state index >= 15 is 0 Å². The average Bonchev–Trinajstić information content (AvgIpc) is 2.81. The van der Waals surface area contributed by atoms with Gasteiger partial charge in [-0.3, -0.25) is 0 Å². The van der Waals surface area contributed by atoms with E-state index in [0.29, 0.717) is 36.6 Å². The Morgan fingerprint density at radius 2 is 1.80 bits per heavy atom. The number of methoxy groups -OCH3 is 1. The molecule has 0 aromatic heterocycles. The van der Waals surface area contributed by atoms with E-state index in [0.717, 1.165) is 0 Å². The Morgan fingerprint density at radius 1 is 1.20 bits per heavy atom. The van der Waals surface area contributed by atoms with E-state index in [1.54, 1.807) is 12.0 Å². The number of hydrogen-bond donors (Lipinski definition) is 1. The molecule has 2 amide bonds. The van der Waals surface area contributed by atoms with Crippen LogP contribution in [0.1, 0.15) is 20.3 Å². The van der Waals surface area contributed by atoms with Crippen molar-refractivity contribution >= 4 is 23.8 Å². The minimum atomic E-state index is -0.953. The van der Waals surface area contributed by atoms with E-state index in [2.05, 4.69) is 13.8 Å². The molecular weight excluding hydrogens is 280 g/mol.